The molecule has 15 heavy (non-hydrogen) atoms. The van der Waals surface area contributed by atoms with E-state index in [4.69, 9.17) is 0 Å². The third kappa shape index (κ3) is 1.96. The van der Waals surface area contributed by atoms with Crippen molar-refractivity contribution in [3.05, 3.63) is 30.6 Å². The Labute approximate surface area is 88.2 Å². The summed E-state index contributed by atoms with van der Waals surface area (Å²) in [5.74, 6) is 2.49. The van der Waals surface area contributed by atoms with Crippen molar-refractivity contribution in [3.63, 3.8) is 0 Å². The molecule has 0 aliphatic heterocycles. The molecule has 0 fully saturated rings. The van der Waals surface area contributed by atoms with Gasteiger partial charge >= 0.3 is 0 Å². The first-order valence-corrected chi connectivity index (χ1v) is 4.87. The van der Waals surface area contributed by atoms with Crippen LogP contribution in [-0.2, 0) is 6.42 Å². The van der Waals surface area contributed by atoms with E-state index in [1.807, 2.05) is 30.8 Å². The van der Waals surface area contributed by atoms with Crippen LogP contribution in [-0.4, -0.2) is 26.6 Å². The lowest BCUT2D eigenvalue weighted by Crippen LogP contribution is -2.04. The lowest BCUT2D eigenvalue weighted by Gasteiger charge is -2.06. The van der Waals surface area contributed by atoms with Gasteiger partial charge in [0, 0.05) is 31.9 Å². The van der Waals surface area contributed by atoms with E-state index in [9.17, 15) is 0 Å². The zero-order chi connectivity index (χ0) is 10.7. The number of nitrogens with one attached hydrogen (secondary N) is 1. The molecule has 0 bridgehead atoms. The van der Waals surface area contributed by atoms with Crippen LogP contribution in [0.5, 0.6) is 0 Å². The minimum Gasteiger partial charge on any atom is -0.373 e. The average molecular weight is 203 g/mol. The molecule has 2 heterocycles. The van der Waals surface area contributed by atoms with Crippen LogP contribution in [0.3, 0.4) is 0 Å². The molecule has 5 heteroatoms. The fourth-order valence-corrected chi connectivity index (χ4v) is 1.30. The number of hydrogen-bond donors (Lipinski definition) is 1. The molecule has 2 rings (SSSR count). The van der Waals surface area contributed by atoms with Gasteiger partial charge < -0.3 is 5.32 Å². The Morgan fingerprint density at radius 1 is 1.40 bits per heavy atom. The molecule has 2 aromatic heterocycles. The molecule has 0 atom stereocenters. The van der Waals surface area contributed by atoms with Gasteiger partial charge in [0.15, 0.2) is 0 Å². The van der Waals surface area contributed by atoms with Gasteiger partial charge in [-0.1, -0.05) is 6.92 Å². The van der Waals surface area contributed by atoms with Gasteiger partial charge in [-0.15, -0.1) is 0 Å². The minimum atomic E-state index is 0.817. The molecule has 0 radical (unpaired) electrons. The molecule has 0 saturated carbocycles. The number of aryl methyl sites for hydroxylation is 1. The summed E-state index contributed by atoms with van der Waals surface area (Å²) >= 11 is 0. The van der Waals surface area contributed by atoms with Crippen LogP contribution in [0, 0.1) is 0 Å². The van der Waals surface area contributed by atoms with Crippen molar-refractivity contribution in [1.29, 1.82) is 0 Å². The van der Waals surface area contributed by atoms with Gasteiger partial charge in [-0.2, -0.15) is 0 Å². The highest BCUT2D eigenvalue weighted by Crippen LogP contribution is 2.10. The van der Waals surface area contributed by atoms with Crippen LogP contribution < -0.4 is 5.32 Å². The largest absolute Gasteiger partial charge is 0.373 e. The standard InChI is InChI=1S/C10H13N5/c1-3-8-13-9(11-2)6-10(14-8)15-5-4-12-7-15/h4-7H,3H2,1-2H3,(H,11,13,14). The molecule has 1 N–H and O–H groups in total. The number of imidazole rings is 1. The van der Waals surface area contributed by atoms with Crippen molar-refractivity contribution < 1.29 is 0 Å². The number of aromatic nitrogens is 4. The second kappa shape index (κ2) is 4.08. The van der Waals surface area contributed by atoms with Crippen molar-refractivity contribution >= 4 is 5.82 Å². The molecule has 0 aliphatic rings. The Bertz CT molecular complexity index is 413. The van der Waals surface area contributed by atoms with Crippen molar-refractivity contribution in [2.45, 2.75) is 13.3 Å². The second-order valence-corrected chi connectivity index (χ2v) is 3.10. The average Bonchev–Trinajstić information content (AvgIpc) is 2.81. The van der Waals surface area contributed by atoms with E-state index in [-0.39, 0.29) is 0 Å². The summed E-state index contributed by atoms with van der Waals surface area (Å²) in [6, 6.07) is 1.89. The Morgan fingerprint density at radius 2 is 2.27 bits per heavy atom. The van der Waals surface area contributed by atoms with Crippen molar-refractivity contribution in [3.8, 4) is 5.82 Å². The molecule has 0 aromatic carbocycles. The van der Waals surface area contributed by atoms with Gasteiger partial charge in [-0.05, 0) is 0 Å². The summed E-state index contributed by atoms with van der Waals surface area (Å²) in [4.78, 5) is 12.7. The van der Waals surface area contributed by atoms with E-state index >= 15 is 0 Å². The van der Waals surface area contributed by atoms with Gasteiger partial charge in [0.2, 0.25) is 0 Å². The van der Waals surface area contributed by atoms with Gasteiger partial charge in [0.05, 0.1) is 0 Å². The maximum absolute atomic E-state index is 4.41. The SMILES string of the molecule is CCc1nc(NC)cc(-n2ccnc2)n1. The summed E-state index contributed by atoms with van der Waals surface area (Å²) in [5.41, 5.74) is 0. The Hall–Kier alpha value is -1.91. The molecule has 0 unspecified atom stereocenters. The second-order valence-electron chi connectivity index (χ2n) is 3.10. The molecule has 78 valence electrons. The highest BCUT2D eigenvalue weighted by atomic mass is 15.1. The maximum Gasteiger partial charge on any atom is 0.143 e. The highest BCUT2D eigenvalue weighted by molar-refractivity contribution is 5.41. The van der Waals surface area contributed by atoms with Gasteiger partial charge in [-0.25, -0.2) is 15.0 Å². The summed E-state index contributed by atoms with van der Waals surface area (Å²) in [7, 11) is 1.85. The normalized spacial score (nSPS) is 10.3. The van der Waals surface area contributed by atoms with E-state index in [1.54, 1.807) is 12.5 Å². The third-order valence-electron chi connectivity index (χ3n) is 2.10. The van der Waals surface area contributed by atoms with Crippen molar-refractivity contribution in [2.24, 2.45) is 0 Å². The van der Waals surface area contributed by atoms with Crippen LogP contribution in [0.1, 0.15) is 12.7 Å². The first-order valence-electron chi connectivity index (χ1n) is 4.87. The third-order valence-corrected chi connectivity index (χ3v) is 2.10. The molecular formula is C10H13N5. The van der Waals surface area contributed by atoms with Crippen LogP contribution in [0.25, 0.3) is 5.82 Å². The van der Waals surface area contributed by atoms with E-state index in [1.165, 1.54) is 0 Å². The fraction of sp³-hybridized carbons (Fsp3) is 0.300. The fourth-order valence-electron chi connectivity index (χ4n) is 1.30. The predicted molar refractivity (Wildman–Crippen MR) is 58.1 cm³/mol. The Morgan fingerprint density at radius 3 is 2.87 bits per heavy atom. The van der Waals surface area contributed by atoms with Crippen LogP contribution >= 0.6 is 0 Å². The molecule has 0 amide bonds. The van der Waals surface area contributed by atoms with Crippen LogP contribution in [0.4, 0.5) is 5.82 Å². The number of hydrogen-bond acceptors (Lipinski definition) is 4. The van der Waals surface area contributed by atoms with Gasteiger partial charge in [-0.3, -0.25) is 4.57 Å². The van der Waals surface area contributed by atoms with Crippen molar-refractivity contribution in [1.82, 2.24) is 19.5 Å². The zero-order valence-electron chi connectivity index (χ0n) is 8.81. The predicted octanol–water partition coefficient (Wildman–Crippen LogP) is 1.27. The first kappa shape index (κ1) is 9.64. The number of rotatable bonds is 3. The van der Waals surface area contributed by atoms with Gasteiger partial charge in [0.1, 0.15) is 23.8 Å². The van der Waals surface area contributed by atoms with E-state index in [0.717, 1.165) is 23.9 Å². The maximum atomic E-state index is 4.41. The lowest BCUT2D eigenvalue weighted by molar-refractivity contribution is 0.889. The van der Waals surface area contributed by atoms with E-state index < -0.39 is 0 Å². The smallest absolute Gasteiger partial charge is 0.143 e. The summed E-state index contributed by atoms with van der Waals surface area (Å²) in [6.07, 6.45) is 6.13. The quantitative estimate of drug-likeness (QED) is 0.816. The molecule has 0 aliphatic carbocycles. The molecular weight excluding hydrogens is 190 g/mol. The van der Waals surface area contributed by atoms with E-state index in [2.05, 4.69) is 20.3 Å². The number of anilines is 1. The van der Waals surface area contributed by atoms with Crippen molar-refractivity contribution in [2.75, 3.05) is 12.4 Å². The van der Waals surface area contributed by atoms with Crippen LogP contribution in [0.15, 0.2) is 24.8 Å². The first-order chi connectivity index (χ1) is 7.33. The zero-order valence-corrected chi connectivity index (χ0v) is 8.81. The Kier molecular flexibility index (Phi) is 2.62. The van der Waals surface area contributed by atoms with Gasteiger partial charge in [0.25, 0.3) is 0 Å². The molecule has 5 nitrogen and oxygen atoms in total. The number of nitrogens with zero attached hydrogens (tertiary/aromatic N) is 4. The summed E-state index contributed by atoms with van der Waals surface area (Å²) in [6.45, 7) is 2.03. The molecule has 0 saturated heterocycles. The van der Waals surface area contributed by atoms with Crippen LogP contribution in [0.2, 0.25) is 0 Å². The minimum absolute atomic E-state index is 0.817. The lowest BCUT2D eigenvalue weighted by atomic mass is 10.4. The molecule has 0 spiro atoms. The Balaban J connectivity index is 2.47. The summed E-state index contributed by atoms with van der Waals surface area (Å²) < 4.78 is 1.86. The molecule has 2 aromatic rings. The topological polar surface area (TPSA) is 55.6 Å². The summed E-state index contributed by atoms with van der Waals surface area (Å²) in [5, 5.41) is 3.02. The highest BCUT2D eigenvalue weighted by Gasteiger charge is 2.03. The van der Waals surface area contributed by atoms with E-state index in [0.29, 0.717) is 0 Å². The monoisotopic (exact) mass is 203 g/mol.